The third-order valence-corrected chi connectivity index (χ3v) is 3.83. The summed E-state index contributed by atoms with van der Waals surface area (Å²) in [6, 6.07) is 3.23. The van der Waals surface area contributed by atoms with Gasteiger partial charge in [-0.3, -0.25) is 4.57 Å². The van der Waals surface area contributed by atoms with Crippen molar-refractivity contribution in [2.45, 2.75) is 13.8 Å². The van der Waals surface area contributed by atoms with E-state index in [9.17, 15) is 4.57 Å². The molecule has 0 saturated heterocycles. The second-order valence-electron chi connectivity index (χ2n) is 2.41. The minimum absolute atomic E-state index is 0.230. The lowest BCUT2D eigenvalue weighted by molar-refractivity contribution is 0.225. The Morgan fingerprint density at radius 1 is 1.36 bits per heavy atom. The van der Waals surface area contributed by atoms with Crippen molar-refractivity contribution >= 4 is 29.0 Å². The zero-order valence-electron chi connectivity index (χ0n) is 8.03. The molecule has 0 bridgehead atoms. The molecule has 0 amide bonds. The maximum absolute atomic E-state index is 12.1. The number of hydrogen-bond donors (Lipinski definition) is 0. The van der Waals surface area contributed by atoms with Crippen LogP contribution in [0.1, 0.15) is 13.8 Å². The van der Waals surface area contributed by atoms with E-state index < -0.39 is 7.60 Å². The summed E-state index contributed by atoms with van der Waals surface area (Å²) in [6.07, 6.45) is 0. The highest BCUT2D eigenvalue weighted by atomic mass is 79.9. The lowest BCUT2D eigenvalue weighted by atomic mass is 10.7. The summed E-state index contributed by atoms with van der Waals surface area (Å²) in [5, 5.41) is 0. The van der Waals surface area contributed by atoms with E-state index in [1.54, 1.807) is 26.0 Å². The fourth-order valence-electron chi connectivity index (χ4n) is 0.956. The zero-order valence-corrected chi connectivity index (χ0v) is 10.5. The smallest absolute Gasteiger partial charge is 0.396 e. The normalized spacial score (nSPS) is 11.9. The van der Waals surface area contributed by atoms with Crippen molar-refractivity contribution in [2.75, 3.05) is 13.2 Å². The van der Waals surface area contributed by atoms with Crippen molar-refractivity contribution in [3.63, 3.8) is 0 Å². The van der Waals surface area contributed by atoms with Gasteiger partial charge in [0, 0.05) is 0 Å². The van der Waals surface area contributed by atoms with Crippen LogP contribution in [-0.2, 0) is 13.6 Å². The van der Waals surface area contributed by atoms with Crippen LogP contribution in [0.4, 0.5) is 0 Å². The van der Waals surface area contributed by atoms with Gasteiger partial charge < -0.3 is 13.5 Å². The van der Waals surface area contributed by atoms with Crippen molar-refractivity contribution in [2.24, 2.45) is 0 Å². The maximum atomic E-state index is 12.1. The molecule has 0 saturated carbocycles. The Balaban J connectivity index is 2.93. The highest BCUT2D eigenvalue weighted by Gasteiger charge is 2.30. The molecule has 0 aliphatic heterocycles. The molecule has 1 aromatic heterocycles. The SMILES string of the molecule is CCOP(=O)(OCC)c1ccc(Br)o1. The molecule has 1 heterocycles. The van der Waals surface area contributed by atoms with E-state index in [0.29, 0.717) is 17.9 Å². The number of furan rings is 1. The average Bonchev–Trinajstić information content (AvgIpc) is 2.53. The van der Waals surface area contributed by atoms with Crippen molar-refractivity contribution in [1.29, 1.82) is 0 Å². The Morgan fingerprint density at radius 2 is 1.93 bits per heavy atom. The Labute approximate surface area is 91.2 Å². The molecule has 0 radical (unpaired) electrons. The van der Waals surface area contributed by atoms with E-state index >= 15 is 0 Å². The van der Waals surface area contributed by atoms with Gasteiger partial charge in [-0.15, -0.1) is 0 Å². The largest absolute Gasteiger partial charge is 0.441 e. The summed E-state index contributed by atoms with van der Waals surface area (Å²) in [6.45, 7) is 4.14. The molecular weight excluding hydrogens is 271 g/mol. The van der Waals surface area contributed by atoms with E-state index in [2.05, 4.69) is 15.9 Å². The molecule has 0 spiro atoms. The van der Waals surface area contributed by atoms with Crippen LogP contribution in [0.25, 0.3) is 0 Å². The first-order valence-corrected chi connectivity index (χ1v) is 6.61. The summed E-state index contributed by atoms with van der Waals surface area (Å²) >= 11 is 3.13. The molecule has 1 rings (SSSR count). The maximum Gasteiger partial charge on any atom is 0.396 e. The second-order valence-corrected chi connectivity index (χ2v) is 5.14. The minimum atomic E-state index is -3.25. The monoisotopic (exact) mass is 282 g/mol. The van der Waals surface area contributed by atoms with Gasteiger partial charge in [-0.1, -0.05) is 0 Å². The molecule has 0 unspecified atom stereocenters. The minimum Gasteiger partial charge on any atom is -0.441 e. The molecule has 80 valence electrons. The van der Waals surface area contributed by atoms with E-state index in [4.69, 9.17) is 13.5 Å². The standard InChI is InChI=1S/C8H12BrO4P/c1-3-11-14(10,12-4-2)8-6-5-7(9)13-8/h5-6H,3-4H2,1-2H3. The predicted octanol–water partition coefficient (Wildman–Crippen LogP) is 2.93. The van der Waals surface area contributed by atoms with Crippen molar-refractivity contribution in [3.8, 4) is 0 Å². The lowest BCUT2D eigenvalue weighted by Crippen LogP contribution is -2.08. The van der Waals surface area contributed by atoms with E-state index in [-0.39, 0.29) is 5.50 Å². The molecule has 0 aliphatic rings. The fraction of sp³-hybridized carbons (Fsp3) is 0.500. The number of hydrogen-bond acceptors (Lipinski definition) is 4. The fourth-order valence-corrected chi connectivity index (χ4v) is 2.86. The first-order chi connectivity index (χ1) is 6.62. The van der Waals surface area contributed by atoms with Gasteiger partial charge in [0.05, 0.1) is 13.2 Å². The lowest BCUT2D eigenvalue weighted by Gasteiger charge is -2.13. The molecule has 0 atom stereocenters. The summed E-state index contributed by atoms with van der Waals surface area (Å²) in [5.74, 6) is 0. The molecule has 6 heteroatoms. The predicted molar refractivity (Wildman–Crippen MR) is 56.9 cm³/mol. The average molecular weight is 283 g/mol. The van der Waals surface area contributed by atoms with Gasteiger partial charge in [0.15, 0.2) is 4.67 Å². The number of rotatable bonds is 5. The highest BCUT2D eigenvalue weighted by molar-refractivity contribution is 9.10. The quantitative estimate of drug-likeness (QED) is 0.779. The van der Waals surface area contributed by atoms with Crippen LogP contribution in [-0.4, -0.2) is 13.2 Å². The van der Waals surface area contributed by atoms with Gasteiger partial charge in [-0.2, -0.15) is 0 Å². The Kier molecular flexibility index (Phi) is 4.38. The van der Waals surface area contributed by atoms with Gasteiger partial charge in [0.2, 0.25) is 5.50 Å². The summed E-state index contributed by atoms with van der Waals surface area (Å²) in [4.78, 5) is 0. The van der Waals surface area contributed by atoms with Crippen molar-refractivity contribution < 1.29 is 18.0 Å². The van der Waals surface area contributed by atoms with Gasteiger partial charge in [0.25, 0.3) is 0 Å². The topological polar surface area (TPSA) is 48.7 Å². The van der Waals surface area contributed by atoms with Crippen LogP contribution in [0.5, 0.6) is 0 Å². The molecule has 4 nitrogen and oxygen atoms in total. The van der Waals surface area contributed by atoms with E-state index in [1.807, 2.05) is 0 Å². The Hall–Kier alpha value is -0.0900. The third-order valence-electron chi connectivity index (χ3n) is 1.43. The first-order valence-electron chi connectivity index (χ1n) is 4.27. The van der Waals surface area contributed by atoms with E-state index in [1.165, 1.54) is 0 Å². The third kappa shape index (κ3) is 2.70. The van der Waals surface area contributed by atoms with Crippen molar-refractivity contribution in [3.05, 3.63) is 16.8 Å². The Bertz CT molecular complexity index is 326. The molecule has 0 fully saturated rings. The van der Waals surface area contributed by atoms with E-state index in [0.717, 1.165) is 0 Å². The Morgan fingerprint density at radius 3 is 2.29 bits per heavy atom. The molecule has 0 aromatic carbocycles. The van der Waals surface area contributed by atoms with Crippen LogP contribution in [0.2, 0.25) is 0 Å². The number of halogens is 1. The molecule has 0 N–H and O–H groups in total. The van der Waals surface area contributed by atoms with Crippen LogP contribution >= 0.6 is 23.5 Å². The summed E-state index contributed by atoms with van der Waals surface area (Å²) < 4.78 is 27.9. The van der Waals surface area contributed by atoms with Crippen LogP contribution in [0.3, 0.4) is 0 Å². The highest BCUT2D eigenvalue weighted by Crippen LogP contribution is 2.47. The van der Waals surface area contributed by atoms with Gasteiger partial charge in [0.1, 0.15) is 0 Å². The summed E-state index contributed by atoms with van der Waals surface area (Å²) in [5.41, 5.74) is 0.230. The van der Waals surface area contributed by atoms with Crippen LogP contribution in [0, 0.1) is 0 Å². The summed E-state index contributed by atoms with van der Waals surface area (Å²) in [7, 11) is -3.25. The molecule has 14 heavy (non-hydrogen) atoms. The van der Waals surface area contributed by atoms with Crippen LogP contribution < -0.4 is 5.50 Å². The van der Waals surface area contributed by atoms with Gasteiger partial charge in [-0.05, 0) is 41.9 Å². The molecule has 0 aliphatic carbocycles. The zero-order chi connectivity index (χ0) is 10.6. The van der Waals surface area contributed by atoms with Gasteiger partial charge in [-0.25, -0.2) is 0 Å². The van der Waals surface area contributed by atoms with Crippen molar-refractivity contribution in [1.82, 2.24) is 0 Å². The molecular formula is C8H12BrO4P. The second kappa shape index (κ2) is 5.12. The first kappa shape index (κ1) is 12.0. The molecule has 1 aromatic rings. The van der Waals surface area contributed by atoms with Crippen LogP contribution in [0.15, 0.2) is 21.2 Å². The van der Waals surface area contributed by atoms with Gasteiger partial charge >= 0.3 is 7.60 Å².